The van der Waals surface area contributed by atoms with Gasteiger partial charge in [-0.3, -0.25) is 14.5 Å². The fraction of sp³-hybridized carbons (Fsp3) is 0.579. The molecule has 0 bridgehead atoms. The first-order chi connectivity index (χ1) is 12.0. The summed E-state index contributed by atoms with van der Waals surface area (Å²) in [5, 5.41) is 2.98. The van der Waals surface area contributed by atoms with Crippen LogP contribution < -0.4 is 16.0 Å². The molecule has 1 unspecified atom stereocenters. The van der Waals surface area contributed by atoms with Gasteiger partial charge in [-0.1, -0.05) is 19.1 Å². The Morgan fingerprint density at radius 2 is 2.04 bits per heavy atom. The molecule has 25 heavy (non-hydrogen) atoms. The van der Waals surface area contributed by atoms with Gasteiger partial charge in [-0.25, -0.2) is 0 Å². The van der Waals surface area contributed by atoms with Crippen LogP contribution in [-0.2, 0) is 16.1 Å². The van der Waals surface area contributed by atoms with Crippen molar-refractivity contribution in [2.75, 3.05) is 37.6 Å². The van der Waals surface area contributed by atoms with Crippen LogP contribution in [0.1, 0.15) is 31.7 Å². The smallest absolute Gasteiger partial charge is 0.234 e. The molecule has 2 aliphatic rings. The van der Waals surface area contributed by atoms with E-state index in [2.05, 4.69) is 17.1 Å². The average molecular weight is 344 g/mol. The van der Waals surface area contributed by atoms with Crippen LogP contribution in [0.2, 0.25) is 0 Å². The lowest BCUT2D eigenvalue weighted by molar-refractivity contribution is -0.122. The molecule has 136 valence electrons. The molecule has 3 N–H and O–H groups in total. The van der Waals surface area contributed by atoms with Gasteiger partial charge in [0, 0.05) is 31.7 Å². The Kier molecular flexibility index (Phi) is 5.39. The fourth-order valence-corrected chi connectivity index (χ4v) is 3.60. The molecular formula is C19H28N4O2. The fourth-order valence-electron chi connectivity index (χ4n) is 3.60. The van der Waals surface area contributed by atoms with Crippen molar-refractivity contribution in [2.45, 2.75) is 32.7 Å². The third-order valence-corrected chi connectivity index (χ3v) is 5.31. The highest BCUT2D eigenvalue weighted by Gasteiger charge is 2.33. The van der Waals surface area contributed by atoms with Crippen molar-refractivity contribution in [2.24, 2.45) is 11.1 Å². The lowest BCUT2D eigenvalue weighted by Crippen LogP contribution is -2.38. The highest BCUT2D eigenvalue weighted by molar-refractivity contribution is 5.95. The number of nitrogens with zero attached hydrogens (tertiary/aromatic N) is 2. The second-order valence-corrected chi connectivity index (χ2v) is 7.57. The molecule has 1 aromatic rings. The van der Waals surface area contributed by atoms with Crippen molar-refractivity contribution in [3.05, 3.63) is 29.8 Å². The maximum absolute atomic E-state index is 12.2. The first-order valence-electron chi connectivity index (χ1n) is 9.07. The Hall–Kier alpha value is -1.92. The molecule has 0 spiro atoms. The summed E-state index contributed by atoms with van der Waals surface area (Å²) in [7, 11) is 0. The zero-order valence-corrected chi connectivity index (χ0v) is 15.0. The second kappa shape index (κ2) is 7.54. The summed E-state index contributed by atoms with van der Waals surface area (Å²) in [6.07, 6.45) is 2.61. The van der Waals surface area contributed by atoms with E-state index in [4.69, 9.17) is 5.73 Å². The molecule has 2 fully saturated rings. The van der Waals surface area contributed by atoms with Gasteiger partial charge in [0.05, 0.1) is 6.54 Å². The molecule has 0 aromatic heterocycles. The van der Waals surface area contributed by atoms with Crippen LogP contribution in [0, 0.1) is 5.41 Å². The Morgan fingerprint density at radius 1 is 1.28 bits per heavy atom. The molecule has 6 nitrogen and oxygen atoms in total. The topological polar surface area (TPSA) is 78.7 Å². The number of carbonyl (C=O) groups excluding carboxylic acids is 2. The van der Waals surface area contributed by atoms with Gasteiger partial charge in [0.2, 0.25) is 11.8 Å². The number of rotatable bonds is 6. The van der Waals surface area contributed by atoms with E-state index in [0.717, 1.165) is 43.7 Å². The van der Waals surface area contributed by atoms with Crippen molar-refractivity contribution in [3.8, 4) is 0 Å². The van der Waals surface area contributed by atoms with E-state index in [1.165, 1.54) is 0 Å². The molecule has 1 aromatic carbocycles. The molecule has 0 saturated carbocycles. The Morgan fingerprint density at radius 3 is 2.64 bits per heavy atom. The van der Waals surface area contributed by atoms with Crippen molar-refractivity contribution in [1.29, 1.82) is 0 Å². The second-order valence-electron chi connectivity index (χ2n) is 7.57. The zero-order chi connectivity index (χ0) is 17.9. The number of benzene rings is 1. The summed E-state index contributed by atoms with van der Waals surface area (Å²) in [5.41, 5.74) is 7.93. The van der Waals surface area contributed by atoms with E-state index in [1.807, 2.05) is 29.2 Å². The van der Waals surface area contributed by atoms with E-state index in [1.54, 1.807) is 0 Å². The monoisotopic (exact) mass is 344 g/mol. The van der Waals surface area contributed by atoms with Crippen LogP contribution in [0.5, 0.6) is 0 Å². The highest BCUT2D eigenvalue weighted by atomic mass is 16.2. The number of nitrogens with one attached hydrogen (secondary N) is 1. The van der Waals surface area contributed by atoms with E-state index in [-0.39, 0.29) is 17.2 Å². The average Bonchev–Trinajstić information content (AvgIpc) is 3.20. The summed E-state index contributed by atoms with van der Waals surface area (Å²) >= 11 is 0. The molecule has 0 radical (unpaired) electrons. The van der Waals surface area contributed by atoms with Gasteiger partial charge in [-0.2, -0.15) is 0 Å². The number of anilines is 1. The highest BCUT2D eigenvalue weighted by Crippen LogP contribution is 2.28. The Bertz CT molecular complexity index is 631. The summed E-state index contributed by atoms with van der Waals surface area (Å²) in [4.78, 5) is 27.9. The Labute approximate surface area is 149 Å². The van der Waals surface area contributed by atoms with Crippen LogP contribution in [0.4, 0.5) is 5.69 Å². The Balaban J connectivity index is 1.45. The lowest BCUT2D eigenvalue weighted by atomic mass is 9.90. The number of nitrogens with two attached hydrogens (primary N) is 1. The largest absolute Gasteiger partial charge is 0.351 e. The quantitative estimate of drug-likeness (QED) is 0.810. The molecule has 6 heteroatoms. The minimum atomic E-state index is 0.0417. The summed E-state index contributed by atoms with van der Waals surface area (Å²) in [5.74, 6) is 0.233. The molecule has 3 rings (SSSR count). The van der Waals surface area contributed by atoms with Crippen molar-refractivity contribution < 1.29 is 9.59 Å². The number of amides is 2. The molecule has 2 saturated heterocycles. The minimum absolute atomic E-state index is 0.0417. The minimum Gasteiger partial charge on any atom is -0.351 e. The van der Waals surface area contributed by atoms with Crippen molar-refractivity contribution >= 4 is 17.5 Å². The third kappa shape index (κ3) is 4.38. The number of hydrogen-bond donors (Lipinski definition) is 2. The molecule has 1 atom stereocenters. The van der Waals surface area contributed by atoms with Crippen LogP contribution in [-0.4, -0.2) is 49.4 Å². The summed E-state index contributed by atoms with van der Waals surface area (Å²) < 4.78 is 0. The molecule has 2 heterocycles. The van der Waals surface area contributed by atoms with Crippen molar-refractivity contribution in [3.63, 3.8) is 0 Å². The van der Waals surface area contributed by atoms with E-state index in [0.29, 0.717) is 26.1 Å². The van der Waals surface area contributed by atoms with Crippen LogP contribution in [0.25, 0.3) is 0 Å². The number of carbonyl (C=O) groups is 2. The van der Waals surface area contributed by atoms with Gasteiger partial charge in [-0.15, -0.1) is 0 Å². The van der Waals surface area contributed by atoms with Gasteiger partial charge in [0.25, 0.3) is 0 Å². The van der Waals surface area contributed by atoms with Crippen LogP contribution >= 0.6 is 0 Å². The normalized spacial score (nSPS) is 24.1. The van der Waals surface area contributed by atoms with Gasteiger partial charge in [-0.05, 0) is 49.0 Å². The van der Waals surface area contributed by atoms with Gasteiger partial charge in [0.1, 0.15) is 0 Å². The SMILES string of the molecule is CC1(CN)CCN(CC(=O)NCc2ccc(N3CCCC3=O)cc2)C1. The predicted octanol–water partition coefficient (Wildman–Crippen LogP) is 1.10. The summed E-state index contributed by atoms with van der Waals surface area (Å²) in [6.45, 7) is 6.39. The first kappa shape index (κ1) is 17.9. The van der Waals surface area contributed by atoms with Crippen LogP contribution in [0.3, 0.4) is 0 Å². The molecule has 2 amide bonds. The molecule has 0 aliphatic carbocycles. The molecule has 2 aliphatic heterocycles. The van der Waals surface area contributed by atoms with Crippen molar-refractivity contribution in [1.82, 2.24) is 10.2 Å². The predicted molar refractivity (Wildman–Crippen MR) is 98.1 cm³/mol. The first-order valence-corrected chi connectivity index (χ1v) is 9.07. The lowest BCUT2D eigenvalue weighted by Gasteiger charge is -2.22. The van der Waals surface area contributed by atoms with Gasteiger partial charge >= 0.3 is 0 Å². The van der Waals surface area contributed by atoms with E-state index < -0.39 is 0 Å². The standard InChI is InChI=1S/C19H28N4O2/c1-19(13-20)8-10-22(14-19)12-17(24)21-11-15-4-6-16(7-5-15)23-9-2-3-18(23)25/h4-7H,2-3,8-14,20H2,1H3,(H,21,24). The van der Waals surface area contributed by atoms with E-state index >= 15 is 0 Å². The maximum atomic E-state index is 12.2. The van der Waals surface area contributed by atoms with Gasteiger partial charge in [0.15, 0.2) is 0 Å². The maximum Gasteiger partial charge on any atom is 0.234 e. The number of hydrogen-bond acceptors (Lipinski definition) is 4. The molecular weight excluding hydrogens is 316 g/mol. The van der Waals surface area contributed by atoms with E-state index in [9.17, 15) is 9.59 Å². The van der Waals surface area contributed by atoms with Crippen LogP contribution in [0.15, 0.2) is 24.3 Å². The third-order valence-electron chi connectivity index (χ3n) is 5.31. The van der Waals surface area contributed by atoms with Gasteiger partial charge < -0.3 is 16.0 Å². The summed E-state index contributed by atoms with van der Waals surface area (Å²) in [6, 6.07) is 7.86. The number of likely N-dealkylation sites (tertiary alicyclic amines) is 1. The zero-order valence-electron chi connectivity index (χ0n) is 15.0.